The predicted octanol–water partition coefficient (Wildman–Crippen LogP) is 4.91. The van der Waals surface area contributed by atoms with E-state index in [1.54, 1.807) is 24.5 Å². The van der Waals surface area contributed by atoms with Crippen LogP contribution in [0, 0.1) is 0 Å². The number of rotatable bonds is 6. The van der Waals surface area contributed by atoms with E-state index in [-0.39, 0.29) is 5.75 Å². The van der Waals surface area contributed by atoms with Gasteiger partial charge in [0.25, 0.3) is 0 Å². The van der Waals surface area contributed by atoms with Crippen LogP contribution in [-0.2, 0) is 6.54 Å². The Morgan fingerprint density at radius 2 is 1.75 bits per heavy atom. The summed E-state index contributed by atoms with van der Waals surface area (Å²) in [5, 5.41) is 4.16. The summed E-state index contributed by atoms with van der Waals surface area (Å²) >= 11 is 0. The van der Waals surface area contributed by atoms with Gasteiger partial charge >= 0.3 is 6.61 Å². The van der Waals surface area contributed by atoms with Crippen molar-refractivity contribution in [3.63, 3.8) is 0 Å². The smallest absolute Gasteiger partial charge is 0.387 e. The van der Waals surface area contributed by atoms with Gasteiger partial charge < -0.3 is 10.1 Å². The van der Waals surface area contributed by atoms with Crippen molar-refractivity contribution in [3.8, 4) is 17.1 Å². The van der Waals surface area contributed by atoms with Gasteiger partial charge in [0.2, 0.25) is 0 Å². The van der Waals surface area contributed by atoms with Gasteiger partial charge in [0.1, 0.15) is 11.6 Å². The minimum absolute atomic E-state index is 0.124. The van der Waals surface area contributed by atoms with Gasteiger partial charge in [-0.2, -0.15) is 8.78 Å². The summed E-state index contributed by atoms with van der Waals surface area (Å²) < 4.78 is 29.3. The second kappa shape index (κ2) is 7.96. The normalized spacial score (nSPS) is 11.0. The summed E-state index contributed by atoms with van der Waals surface area (Å²) in [6.07, 6.45) is 3.38. The topological polar surface area (TPSA) is 59.9 Å². The van der Waals surface area contributed by atoms with Crippen LogP contribution in [0.2, 0.25) is 0 Å². The zero-order chi connectivity index (χ0) is 19.3. The molecule has 2 aromatic carbocycles. The first-order valence-electron chi connectivity index (χ1n) is 8.64. The average Bonchev–Trinajstić information content (AvgIpc) is 2.72. The lowest BCUT2D eigenvalue weighted by atomic mass is 10.2. The summed E-state index contributed by atoms with van der Waals surface area (Å²) in [6.45, 7) is -2.45. The van der Waals surface area contributed by atoms with E-state index >= 15 is 0 Å². The van der Waals surface area contributed by atoms with Gasteiger partial charge in [-0.15, -0.1) is 0 Å². The van der Waals surface area contributed by atoms with Crippen LogP contribution in [0.5, 0.6) is 5.75 Å². The molecule has 0 saturated heterocycles. The summed E-state index contributed by atoms with van der Waals surface area (Å²) in [6, 6.07) is 18.0. The summed E-state index contributed by atoms with van der Waals surface area (Å²) in [5.74, 6) is 1.37. The molecule has 0 fully saturated rings. The van der Waals surface area contributed by atoms with Crippen molar-refractivity contribution in [2.24, 2.45) is 0 Å². The second-order valence-corrected chi connectivity index (χ2v) is 6.03. The summed E-state index contributed by atoms with van der Waals surface area (Å²) in [4.78, 5) is 13.3. The first kappa shape index (κ1) is 17.8. The van der Waals surface area contributed by atoms with Crippen LogP contribution in [0.4, 0.5) is 14.6 Å². The lowest BCUT2D eigenvalue weighted by molar-refractivity contribution is -0.0498. The SMILES string of the molecule is FC(F)Oc1cccc(CNc2nc(-c3ccncc3)nc3ccccc23)c1. The fourth-order valence-electron chi connectivity index (χ4n) is 2.86. The fourth-order valence-corrected chi connectivity index (χ4v) is 2.86. The molecule has 7 heteroatoms. The van der Waals surface area contributed by atoms with Crippen molar-refractivity contribution in [1.29, 1.82) is 0 Å². The molecule has 0 aliphatic heterocycles. The Morgan fingerprint density at radius 1 is 0.929 bits per heavy atom. The van der Waals surface area contributed by atoms with Crippen LogP contribution >= 0.6 is 0 Å². The highest BCUT2D eigenvalue weighted by atomic mass is 19.3. The Kier molecular flexibility index (Phi) is 5.05. The standard InChI is InChI=1S/C21H16F2N4O/c22-21(23)28-16-5-3-4-14(12-16)13-25-20-17-6-1-2-7-18(17)26-19(27-20)15-8-10-24-11-9-15/h1-12,21H,13H2,(H,25,26,27). The molecule has 5 nitrogen and oxygen atoms in total. The predicted molar refractivity (Wildman–Crippen MR) is 103 cm³/mol. The molecule has 140 valence electrons. The van der Waals surface area contributed by atoms with Gasteiger partial charge in [-0.25, -0.2) is 9.97 Å². The maximum Gasteiger partial charge on any atom is 0.387 e. The van der Waals surface area contributed by atoms with E-state index in [1.807, 2.05) is 42.5 Å². The van der Waals surface area contributed by atoms with Crippen molar-refractivity contribution in [3.05, 3.63) is 78.6 Å². The quantitative estimate of drug-likeness (QED) is 0.517. The molecule has 0 saturated carbocycles. The van der Waals surface area contributed by atoms with Gasteiger partial charge in [0.15, 0.2) is 5.82 Å². The lowest BCUT2D eigenvalue weighted by Gasteiger charge is -2.12. The zero-order valence-corrected chi connectivity index (χ0v) is 14.7. The number of nitrogens with zero attached hydrogens (tertiary/aromatic N) is 3. The third-order valence-electron chi connectivity index (χ3n) is 4.13. The van der Waals surface area contributed by atoms with E-state index in [4.69, 9.17) is 0 Å². The molecule has 4 aromatic rings. The number of alkyl halides is 2. The number of para-hydroxylation sites is 1. The molecule has 0 unspecified atom stereocenters. The van der Waals surface area contributed by atoms with Crippen LogP contribution in [0.25, 0.3) is 22.3 Å². The van der Waals surface area contributed by atoms with Crippen molar-refractivity contribution in [2.45, 2.75) is 13.2 Å². The number of hydrogen-bond acceptors (Lipinski definition) is 5. The summed E-state index contributed by atoms with van der Waals surface area (Å²) in [7, 11) is 0. The third kappa shape index (κ3) is 4.03. The number of fused-ring (bicyclic) bond motifs is 1. The number of halogens is 2. The molecule has 0 spiro atoms. The molecule has 0 bridgehead atoms. The number of nitrogens with one attached hydrogen (secondary N) is 1. The maximum absolute atomic E-state index is 12.4. The van der Waals surface area contributed by atoms with Gasteiger partial charge in [0, 0.05) is 29.9 Å². The molecule has 0 atom stereocenters. The van der Waals surface area contributed by atoms with Gasteiger partial charge in [0.05, 0.1) is 5.52 Å². The highest BCUT2D eigenvalue weighted by molar-refractivity contribution is 5.90. The van der Waals surface area contributed by atoms with Gasteiger partial charge in [-0.3, -0.25) is 4.98 Å². The molecule has 4 rings (SSSR count). The molecule has 28 heavy (non-hydrogen) atoms. The van der Waals surface area contributed by atoms with E-state index in [2.05, 4.69) is 25.0 Å². The number of anilines is 1. The Balaban J connectivity index is 1.65. The maximum atomic E-state index is 12.4. The van der Waals surface area contributed by atoms with Crippen LogP contribution in [0.1, 0.15) is 5.56 Å². The Hall–Kier alpha value is -3.61. The fraction of sp³-hybridized carbons (Fsp3) is 0.0952. The number of ether oxygens (including phenoxy) is 1. The molecule has 2 heterocycles. The highest BCUT2D eigenvalue weighted by Gasteiger charge is 2.10. The Bertz CT molecular complexity index is 1090. The molecule has 0 radical (unpaired) electrons. The van der Waals surface area contributed by atoms with Crippen molar-refractivity contribution >= 4 is 16.7 Å². The van der Waals surface area contributed by atoms with Gasteiger partial charge in [-0.05, 0) is 42.0 Å². The Labute approximate surface area is 160 Å². The van der Waals surface area contributed by atoms with Crippen LogP contribution in [0.3, 0.4) is 0 Å². The average molecular weight is 378 g/mol. The van der Waals surface area contributed by atoms with Crippen LogP contribution in [-0.4, -0.2) is 21.6 Å². The monoisotopic (exact) mass is 378 g/mol. The van der Waals surface area contributed by atoms with E-state index in [0.29, 0.717) is 18.2 Å². The molecule has 1 N–H and O–H groups in total. The van der Waals surface area contributed by atoms with Crippen molar-refractivity contribution in [1.82, 2.24) is 15.0 Å². The Morgan fingerprint density at radius 3 is 2.57 bits per heavy atom. The molecule has 2 aromatic heterocycles. The van der Waals surface area contributed by atoms with E-state index in [9.17, 15) is 8.78 Å². The van der Waals surface area contributed by atoms with Crippen LogP contribution in [0.15, 0.2) is 73.1 Å². The first-order valence-corrected chi connectivity index (χ1v) is 8.64. The number of aromatic nitrogens is 3. The minimum atomic E-state index is -2.85. The number of benzene rings is 2. The molecular weight excluding hydrogens is 362 g/mol. The zero-order valence-electron chi connectivity index (χ0n) is 14.7. The van der Waals surface area contributed by atoms with Crippen LogP contribution < -0.4 is 10.1 Å². The van der Waals surface area contributed by atoms with Gasteiger partial charge in [-0.1, -0.05) is 24.3 Å². The van der Waals surface area contributed by atoms with Crippen molar-refractivity contribution < 1.29 is 13.5 Å². The summed E-state index contributed by atoms with van der Waals surface area (Å²) in [5.41, 5.74) is 2.46. The van der Waals surface area contributed by atoms with E-state index in [1.165, 1.54) is 6.07 Å². The molecule has 0 amide bonds. The van der Waals surface area contributed by atoms with Crippen molar-refractivity contribution in [2.75, 3.05) is 5.32 Å². The first-order chi connectivity index (χ1) is 13.7. The molecule has 0 aliphatic carbocycles. The van der Waals surface area contributed by atoms with E-state index < -0.39 is 6.61 Å². The number of pyridine rings is 1. The number of hydrogen-bond donors (Lipinski definition) is 1. The molecular formula is C21H16F2N4O. The highest BCUT2D eigenvalue weighted by Crippen LogP contribution is 2.25. The van der Waals surface area contributed by atoms with E-state index in [0.717, 1.165) is 22.0 Å². The third-order valence-corrected chi connectivity index (χ3v) is 4.13. The lowest BCUT2D eigenvalue weighted by Crippen LogP contribution is -2.06. The largest absolute Gasteiger partial charge is 0.435 e. The minimum Gasteiger partial charge on any atom is -0.435 e. The molecule has 0 aliphatic rings. The second-order valence-electron chi connectivity index (χ2n) is 6.03.